The number of anilines is 1. The average Bonchev–Trinajstić information content (AvgIpc) is 3.03. The number of rotatable bonds is 3. The Morgan fingerprint density at radius 1 is 1.32 bits per heavy atom. The first kappa shape index (κ1) is 17.9. The van der Waals surface area contributed by atoms with Gasteiger partial charge in [-0.1, -0.05) is 32.0 Å². The number of fused-ring (bicyclic) bond motifs is 1. The van der Waals surface area contributed by atoms with E-state index in [1.54, 1.807) is 11.3 Å². The van der Waals surface area contributed by atoms with E-state index in [-0.39, 0.29) is 5.91 Å². The Bertz CT molecular complexity index is 785. The van der Waals surface area contributed by atoms with E-state index in [0.717, 1.165) is 29.8 Å². The van der Waals surface area contributed by atoms with Gasteiger partial charge in [-0.25, -0.2) is 0 Å². The molecular formula is C19H23N3OS2. The highest BCUT2D eigenvalue weighted by Crippen LogP contribution is 2.32. The summed E-state index contributed by atoms with van der Waals surface area (Å²) < 4.78 is 0. The van der Waals surface area contributed by atoms with E-state index in [1.165, 1.54) is 22.4 Å². The molecule has 0 fully saturated rings. The van der Waals surface area contributed by atoms with E-state index in [0.29, 0.717) is 11.0 Å². The molecule has 4 nitrogen and oxygen atoms in total. The third-order valence-corrected chi connectivity index (χ3v) is 5.93. The van der Waals surface area contributed by atoms with Gasteiger partial charge in [-0.2, -0.15) is 0 Å². The molecule has 1 aliphatic carbocycles. The van der Waals surface area contributed by atoms with Crippen LogP contribution in [0.25, 0.3) is 0 Å². The van der Waals surface area contributed by atoms with Crippen molar-refractivity contribution >= 4 is 40.3 Å². The lowest BCUT2D eigenvalue weighted by molar-refractivity contribution is 0.0948. The fourth-order valence-corrected chi connectivity index (χ4v) is 4.36. The number of carbonyl (C=O) groups excluding carboxylic acids is 1. The van der Waals surface area contributed by atoms with Crippen molar-refractivity contribution in [1.82, 2.24) is 10.9 Å². The first-order valence-corrected chi connectivity index (χ1v) is 9.86. The van der Waals surface area contributed by atoms with Crippen molar-refractivity contribution in [2.75, 3.05) is 5.32 Å². The summed E-state index contributed by atoms with van der Waals surface area (Å²) >= 11 is 6.87. The molecule has 0 unspecified atom stereocenters. The lowest BCUT2D eigenvalue weighted by atomic mass is 9.90. The molecule has 3 N–H and O–H groups in total. The summed E-state index contributed by atoms with van der Waals surface area (Å²) in [5.74, 6) is 0.562. The van der Waals surface area contributed by atoms with E-state index < -0.39 is 0 Å². The molecule has 1 aromatic heterocycles. The summed E-state index contributed by atoms with van der Waals surface area (Å²) in [5, 5.41) is 3.51. The minimum Gasteiger partial charge on any atom is -0.331 e. The summed E-state index contributed by atoms with van der Waals surface area (Å²) in [4.78, 5) is 14.5. The van der Waals surface area contributed by atoms with Gasteiger partial charge in [-0.15, -0.1) is 11.3 Å². The molecule has 1 heterocycles. The van der Waals surface area contributed by atoms with Crippen LogP contribution >= 0.6 is 23.6 Å². The molecule has 0 aliphatic heterocycles. The molecule has 3 rings (SSSR count). The maximum Gasteiger partial charge on any atom is 0.279 e. The maximum atomic E-state index is 12.4. The van der Waals surface area contributed by atoms with Crippen LogP contribution < -0.4 is 16.2 Å². The van der Waals surface area contributed by atoms with Gasteiger partial charge >= 0.3 is 0 Å². The number of hydrogen-bond donors (Lipinski definition) is 3. The second kappa shape index (κ2) is 7.97. The normalized spacial score (nSPS) is 16.0. The van der Waals surface area contributed by atoms with Crippen LogP contribution in [-0.2, 0) is 19.3 Å². The van der Waals surface area contributed by atoms with Crippen molar-refractivity contribution in [1.29, 1.82) is 0 Å². The highest BCUT2D eigenvalue weighted by Gasteiger charge is 2.20. The number of hydrogen-bond acceptors (Lipinski definition) is 3. The van der Waals surface area contributed by atoms with E-state index in [9.17, 15) is 4.79 Å². The van der Waals surface area contributed by atoms with Crippen molar-refractivity contribution < 1.29 is 4.79 Å². The minimum atomic E-state index is -0.139. The summed E-state index contributed by atoms with van der Waals surface area (Å²) in [6.45, 7) is 4.36. The number of thiocarbonyl (C=S) groups is 1. The number of benzene rings is 1. The van der Waals surface area contributed by atoms with Crippen molar-refractivity contribution in [3.05, 3.63) is 51.2 Å². The molecular weight excluding hydrogens is 350 g/mol. The van der Waals surface area contributed by atoms with E-state index in [2.05, 4.69) is 36.1 Å². The number of carbonyl (C=O) groups is 1. The third kappa shape index (κ3) is 4.38. The zero-order valence-electron chi connectivity index (χ0n) is 14.5. The number of thiophene rings is 1. The van der Waals surface area contributed by atoms with Crippen molar-refractivity contribution in [2.24, 2.45) is 5.92 Å². The second-order valence-corrected chi connectivity index (χ2v) is 8.00. The van der Waals surface area contributed by atoms with E-state index in [4.69, 9.17) is 12.2 Å². The van der Waals surface area contributed by atoms with Gasteiger partial charge in [-0.05, 0) is 67.1 Å². The summed E-state index contributed by atoms with van der Waals surface area (Å²) in [7, 11) is 0. The van der Waals surface area contributed by atoms with Crippen LogP contribution in [0.2, 0.25) is 0 Å². The summed E-state index contributed by atoms with van der Waals surface area (Å²) in [5.41, 5.74) is 8.95. The van der Waals surface area contributed by atoms with Gasteiger partial charge < -0.3 is 5.32 Å². The Hall–Kier alpha value is -1.92. The fourth-order valence-electron chi connectivity index (χ4n) is 3.10. The average molecular weight is 374 g/mol. The standard InChI is InChI=1S/C19H23N3OS2/c1-3-13-6-4-5-7-15(13)20-19(24)22-21-18(23)17-11-14-10-12(2)8-9-16(14)25-17/h4-7,11-12H,3,8-10H2,1-2H3,(H,21,23)(H2,20,22,24)/t12-/m1/s1. The van der Waals surface area contributed by atoms with Crippen LogP contribution in [0.4, 0.5) is 5.69 Å². The van der Waals surface area contributed by atoms with Crippen LogP contribution in [0.5, 0.6) is 0 Å². The van der Waals surface area contributed by atoms with Gasteiger partial charge in [0.1, 0.15) is 0 Å². The summed E-state index contributed by atoms with van der Waals surface area (Å²) in [6.07, 6.45) is 4.27. The van der Waals surface area contributed by atoms with E-state index >= 15 is 0 Å². The number of nitrogens with one attached hydrogen (secondary N) is 3. The highest BCUT2D eigenvalue weighted by molar-refractivity contribution is 7.80. The number of hydrazine groups is 1. The Morgan fingerprint density at radius 2 is 2.12 bits per heavy atom. The first-order valence-electron chi connectivity index (χ1n) is 8.63. The SMILES string of the molecule is CCc1ccccc1NC(=S)NNC(=O)c1cc2c(s1)CC[C@@H](C)C2. The van der Waals surface area contributed by atoms with Crippen molar-refractivity contribution in [3.63, 3.8) is 0 Å². The molecule has 0 saturated carbocycles. The smallest absolute Gasteiger partial charge is 0.279 e. The molecule has 0 spiro atoms. The molecule has 1 aromatic carbocycles. The van der Waals surface area contributed by atoms with Gasteiger partial charge in [0.2, 0.25) is 0 Å². The van der Waals surface area contributed by atoms with Gasteiger partial charge in [0.15, 0.2) is 5.11 Å². The Balaban J connectivity index is 1.56. The molecule has 25 heavy (non-hydrogen) atoms. The highest BCUT2D eigenvalue weighted by atomic mass is 32.1. The van der Waals surface area contributed by atoms with Crippen LogP contribution in [0.15, 0.2) is 30.3 Å². The quantitative estimate of drug-likeness (QED) is 0.561. The van der Waals surface area contributed by atoms with E-state index in [1.807, 2.05) is 24.3 Å². The lowest BCUT2D eigenvalue weighted by Crippen LogP contribution is -2.43. The van der Waals surface area contributed by atoms with Crippen molar-refractivity contribution in [3.8, 4) is 0 Å². The van der Waals surface area contributed by atoms with Gasteiger partial charge in [0.05, 0.1) is 4.88 Å². The lowest BCUT2D eigenvalue weighted by Gasteiger charge is -2.16. The third-order valence-electron chi connectivity index (χ3n) is 4.49. The second-order valence-electron chi connectivity index (χ2n) is 6.45. The monoisotopic (exact) mass is 373 g/mol. The molecule has 6 heteroatoms. The molecule has 2 aromatic rings. The fraction of sp³-hybridized carbons (Fsp3) is 0.368. The number of para-hydroxylation sites is 1. The molecule has 132 valence electrons. The van der Waals surface area contributed by atoms with Crippen molar-refractivity contribution in [2.45, 2.75) is 39.5 Å². The minimum absolute atomic E-state index is 0.139. The Kier molecular flexibility index (Phi) is 5.71. The molecule has 1 atom stereocenters. The number of amides is 1. The molecule has 0 saturated heterocycles. The largest absolute Gasteiger partial charge is 0.331 e. The number of aryl methyl sites for hydroxylation is 2. The zero-order valence-corrected chi connectivity index (χ0v) is 16.2. The Morgan fingerprint density at radius 3 is 2.92 bits per heavy atom. The summed E-state index contributed by atoms with van der Waals surface area (Å²) in [6, 6.07) is 10.0. The predicted octanol–water partition coefficient (Wildman–Crippen LogP) is 4.07. The van der Waals surface area contributed by atoms with Crippen LogP contribution in [0.3, 0.4) is 0 Å². The van der Waals surface area contributed by atoms with Gasteiger partial charge in [0.25, 0.3) is 5.91 Å². The first-order chi connectivity index (χ1) is 12.1. The molecule has 1 amide bonds. The molecule has 0 radical (unpaired) electrons. The molecule has 0 bridgehead atoms. The van der Waals surface area contributed by atoms with Crippen LogP contribution in [0, 0.1) is 5.92 Å². The Labute approximate surface area is 158 Å². The molecule has 1 aliphatic rings. The predicted molar refractivity (Wildman–Crippen MR) is 108 cm³/mol. The van der Waals surface area contributed by atoms with Gasteiger partial charge in [-0.3, -0.25) is 15.6 Å². The van der Waals surface area contributed by atoms with Crippen LogP contribution in [0.1, 0.15) is 45.9 Å². The zero-order chi connectivity index (χ0) is 17.8. The topological polar surface area (TPSA) is 53.2 Å². The maximum absolute atomic E-state index is 12.4. The van der Waals surface area contributed by atoms with Gasteiger partial charge in [0, 0.05) is 10.6 Å². The van der Waals surface area contributed by atoms with Crippen LogP contribution in [-0.4, -0.2) is 11.0 Å².